The van der Waals surface area contributed by atoms with E-state index in [1.54, 1.807) is 12.1 Å². The molecule has 0 unspecified atom stereocenters. The number of rotatable bonds is 5. The highest BCUT2D eigenvalue weighted by molar-refractivity contribution is 6.34. The predicted molar refractivity (Wildman–Crippen MR) is 79.8 cm³/mol. The number of aryl methyl sites for hydroxylation is 2. The van der Waals surface area contributed by atoms with E-state index in [-0.39, 0.29) is 5.78 Å². The fourth-order valence-corrected chi connectivity index (χ4v) is 1.98. The van der Waals surface area contributed by atoms with Crippen LogP contribution >= 0.6 is 0 Å². The molecule has 0 aliphatic heterocycles. The molecule has 0 aliphatic carbocycles. The highest BCUT2D eigenvalue weighted by Crippen LogP contribution is 2.21. The minimum atomic E-state index is -0.301. The summed E-state index contributed by atoms with van der Waals surface area (Å²) in [6.07, 6.45) is 0.830. The summed E-state index contributed by atoms with van der Waals surface area (Å²) in [5.74, 6) is 0.521. The van der Waals surface area contributed by atoms with Crippen molar-refractivity contribution in [1.82, 2.24) is 0 Å². The molecule has 0 amide bonds. The first kappa shape index (κ1) is 14.0. The quantitative estimate of drug-likeness (QED) is 0.663. The Balaban J connectivity index is 2.21. The van der Waals surface area contributed by atoms with Gasteiger partial charge in [-0.3, -0.25) is 4.79 Å². The van der Waals surface area contributed by atoms with Gasteiger partial charge in [-0.2, -0.15) is 0 Å². The molecule has 0 atom stereocenters. The Morgan fingerprint density at radius 1 is 1.20 bits per heavy atom. The van der Waals surface area contributed by atoms with Gasteiger partial charge in [0.15, 0.2) is 0 Å². The molecule has 2 rings (SSSR count). The molecular formula is C17H17NO2. The van der Waals surface area contributed by atoms with Crippen molar-refractivity contribution in [3.63, 3.8) is 0 Å². The maximum atomic E-state index is 11.7. The van der Waals surface area contributed by atoms with Crippen LogP contribution in [0.15, 0.2) is 42.5 Å². The summed E-state index contributed by atoms with van der Waals surface area (Å²) >= 11 is 0. The molecule has 0 radical (unpaired) electrons. The van der Waals surface area contributed by atoms with Gasteiger partial charge in [0, 0.05) is 11.1 Å². The second kappa shape index (κ2) is 6.15. The molecule has 0 saturated carbocycles. The third kappa shape index (κ3) is 3.12. The average molecular weight is 267 g/mol. The van der Waals surface area contributed by atoms with Crippen molar-refractivity contribution < 1.29 is 9.53 Å². The number of hydrogen-bond acceptors (Lipinski definition) is 3. The van der Waals surface area contributed by atoms with Crippen molar-refractivity contribution in [3.8, 4) is 5.75 Å². The standard InChI is InChI=1S/C17H17NO2/c1-12-7-8-13(2)17(9-12)20-11-14-5-3-4-6-15(14)16(19)10-18/h3-10,18H,11H2,1-2H3. The molecule has 0 fully saturated rings. The van der Waals surface area contributed by atoms with Crippen LogP contribution in [0.3, 0.4) is 0 Å². The number of carbonyl (C=O) groups is 1. The van der Waals surface area contributed by atoms with E-state index in [1.807, 2.05) is 44.2 Å². The molecule has 2 aromatic rings. The molecule has 3 heteroatoms. The Hall–Kier alpha value is -2.42. The van der Waals surface area contributed by atoms with Crippen molar-refractivity contribution in [3.05, 3.63) is 64.7 Å². The predicted octanol–water partition coefficient (Wildman–Crippen LogP) is 3.71. The number of ketones is 1. The minimum Gasteiger partial charge on any atom is -0.489 e. The number of Topliss-reactive ketones (excluding diaryl/α,β-unsaturated/α-hetero) is 1. The van der Waals surface area contributed by atoms with E-state index in [1.165, 1.54) is 0 Å². The molecule has 0 spiro atoms. The normalized spacial score (nSPS) is 10.1. The Labute approximate surface area is 118 Å². The lowest BCUT2D eigenvalue weighted by molar-refractivity contribution is 0.106. The highest BCUT2D eigenvalue weighted by atomic mass is 16.5. The fourth-order valence-electron chi connectivity index (χ4n) is 1.98. The van der Waals surface area contributed by atoms with Crippen LogP contribution in [0, 0.1) is 19.3 Å². The first-order valence-corrected chi connectivity index (χ1v) is 6.44. The van der Waals surface area contributed by atoms with Gasteiger partial charge in [-0.25, -0.2) is 0 Å². The second-order valence-electron chi connectivity index (χ2n) is 4.72. The van der Waals surface area contributed by atoms with Gasteiger partial charge in [0.1, 0.15) is 12.4 Å². The van der Waals surface area contributed by atoms with Crippen LogP contribution < -0.4 is 4.74 Å². The zero-order chi connectivity index (χ0) is 14.5. The first-order chi connectivity index (χ1) is 9.61. The van der Waals surface area contributed by atoms with Crippen LogP contribution in [0.2, 0.25) is 0 Å². The van der Waals surface area contributed by atoms with Crippen LogP contribution in [0.1, 0.15) is 27.0 Å². The fraction of sp³-hybridized carbons (Fsp3) is 0.176. The van der Waals surface area contributed by atoms with Crippen molar-refractivity contribution in [2.75, 3.05) is 0 Å². The van der Waals surface area contributed by atoms with E-state index in [2.05, 4.69) is 0 Å². The number of benzene rings is 2. The lowest BCUT2D eigenvalue weighted by Gasteiger charge is -2.12. The molecule has 0 aromatic heterocycles. The van der Waals surface area contributed by atoms with Crippen LogP contribution in [-0.4, -0.2) is 12.0 Å². The van der Waals surface area contributed by atoms with E-state index in [9.17, 15) is 4.79 Å². The minimum absolute atomic E-state index is 0.301. The van der Waals surface area contributed by atoms with Gasteiger partial charge >= 0.3 is 0 Å². The molecule has 0 bridgehead atoms. The van der Waals surface area contributed by atoms with Crippen molar-refractivity contribution in [2.45, 2.75) is 20.5 Å². The summed E-state index contributed by atoms with van der Waals surface area (Å²) in [4.78, 5) is 11.7. The molecule has 0 heterocycles. The molecular weight excluding hydrogens is 250 g/mol. The molecule has 2 aromatic carbocycles. The van der Waals surface area contributed by atoms with Crippen molar-refractivity contribution in [1.29, 1.82) is 5.41 Å². The molecule has 3 nitrogen and oxygen atoms in total. The van der Waals surface area contributed by atoms with Gasteiger partial charge in [0.05, 0.1) is 6.21 Å². The molecule has 20 heavy (non-hydrogen) atoms. The Kier molecular flexibility index (Phi) is 4.31. The van der Waals surface area contributed by atoms with E-state index in [4.69, 9.17) is 10.1 Å². The first-order valence-electron chi connectivity index (χ1n) is 6.44. The summed E-state index contributed by atoms with van der Waals surface area (Å²) in [5.41, 5.74) is 3.51. The van der Waals surface area contributed by atoms with Crippen molar-refractivity contribution in [2.24, 2.45) is 0 Å². The molecule has 0 saturated heterocycles. The monoisotopic (exact) mass is 267 g/mol. The lowest BCUT2D eigenvalue weighted by Crippen LogP contribution is -2.07. The van der Waals surface area contributed by atoms with Gasteiger partial charge in [0.2, 0.25) is 5.78 Å². The maximum absolute atomic E-state index is 11.7. The van der Waals surface area contributed by atoms with Gasteiger partial charge < -0.3 is 10.1 Å². The van der Waals surface area contributed by atoms with Gasteiger partial charge in [-0.05, 0) is 31.0 Å². The smallest absolute Gasteiger partial charge is 0.203 e. The Bertz CT molecular complexity index is 647. The van der Waals surface area contributed by atoms with Crippen molar-refractivity contribution >= 4 is 12.0 Å². The summed E-state index contributed by atoms with van der Waals surface area (Å²) < 4.78 is 5.81. The van der Waals surface area contributed by atoms with Gasteiger partial charge in [-0.1, -0.05) is 36.4 Å². The largest absolute Gasteiger partial charge is 0.489 e. The highest BCUT2D eigenvalue weighted by Gasteiger charge is 2.09. The van der Waals surface area contributed by atoms with Crippen LogP contribution in [0.25, 0.3) is 0 Å². The van der Waals surface area contributed by atoms with E-state index in [0.29, 0.717) is 12.2 Å². The summed E-state index contributed by atoms with van der Waals surface area (Å²) in [6, 6.07) is 13.3. The second-order valence-corrected chi connectivity index (χ2v) is 4.72. The number of ether oxygens (including phenoxy) is 1. The van der Waals surface area contributed by atoms with Gasteiger partial charge in [-0.15, -0.1) is 0 Å². The lowest BCUT2D eigenvalue weighted by atomic mass is 10.0. The van der Waals surface area contributed by atoms with E-state index >= 15 is 0 Å². The zero-order valence-corrected chi connectivity index (χ0v) is 11.6. The maximum Gasteiger partial charge on any atom is 0.203 e. The molecule has 1 N–H and O–H groups in total. The third-order valence-electron chi connectivity index (χ3n) is 3.14. The van der Waals surface area contributed by atoms with E-state index < -0.39 is 0 Å². The van der Waals surface area contributed by atoms with Crippen LogP contribution in [-0.2, 0) is 6.61 Å². The summed E-state index contributed by atoms with van der Waals surface area (Å²) in [7, 11) is 0. The third-order valence-corrected chi connectivity index (χ3v) is 3.14. The number of carbonyl (C=O) groups excluding carboxylic acids is 1. The zero-order valence-electron chi connectivity index (χ0n) is 11.6. The van der Waals surface area contributed by atoms with Gasteiger partial charge in [0.25, 0.3) is 0 Å². The van der Waals surface area contributed by atoms with Crippen LogP contribution in [0.4, 0.5) is 0 Å². The average Bonchev–Trinajstić information content (AvgIpc) is 2.47. The molecule has 102 valence electrons. The SMILES string of the molecule is Cc1ccc(C)c(OCc2ccccc2C(=O)C=N)c1. The number of hydrogen-bond donors (Lipinski definition) is 1. The molecule has 0 aliphatic rings. The Morgan fingerprint density at radius 2 is 1.95 bits per heavy atom. The Morgan fingerprint density at radius 3 is 2.70 bits per heavy atom. The number of nitrogens with one attached hydrogen (secondary N) is 1. The topological polar surface area (TPSA) is 50.2 Å². The summed E-state index contributed by atoms with van der Waals surface area (Å²) in [6.45, 7) is 4.32. The summed E-state index contributed by atoms with van der Waals surface area (Å²) in [5, 5.41) is 7.09. The van der Waals surface area contributed by atoms with Crippen LogP contribution in [0.5, 0.6) is 5.75 Å². The van der Waals surface area contributed by atoms with E-state index in [0.717, 1.165) is 28.7 Å².